The number of amides is 1. The van der Waals surface area contributed by atoms with E-state index in [1.165, 1.54) is 13.8 Å². The van der Waals surface area contributed by atoms with Crippen LogP contribution < -0.4 is 5.32 Å². The molecule has 1 atom stereocenters. The van der Waals surface area contributed by atoms with Crippen molar-refractivity contribution in [2.45, 2.75) is 40.7 Å². The van der Waals surface area contributed by atoms with Gasteiger partial charge in [0.2, 0.25) is 5.91 Å². The number of nitrogens with one attached hydrogen (secondary N) is 1. The third-order valence-electron chi connectivity index (χ3n) is 3.12. The molecule has 5 heteroatoms. The van der Waals surface area contributed by atoms with Gasteiger partial charge in [0, 0.05) is 16.7 Å². The maximum atomic E-state index is 11.9. The quantitative estimate of drug-likeness (QED) is 0.820. The normalized spacial score (nSPS) is 13.7. The Kier molecular flexibility index (Phi) is 4.53. The van der Waals surface area contributed by atoms with Gasteiger partial charge in [-0.25, -0.2) is 4.79 Å². The Hall–Kier alpha value is -2.04. The number of carboxylic acid groups (broad SMARTS) is 1. The Morgan fingerprint density at radius 3 is 2.26 bits per heavy atom. The molecule has 0 fully saturated rings. The number of hydrogen-bond acceptors (Lipinski definition) is 3. The van der Waals surface area contributed by atoms with Crippen molar-refractivity contribution in [3.8, 4) is 0 Å². The molecular weight excluding hydrogens is 246 g/mol. The van der Waals surface area contributed by atoms with Crippen molar-refractivity contribution in [1.82, 2.24) is 5.32 Å². The van der Waals surface area contributed by atoms with E-state index in [1.54, 1.807) is 0 Å². The standard InChI is InChI=1S/C14H19NO4/c1-7-6-12(11(5)19-7)10(4)15-13(16)8(2)9(3)14(17)18/h6,10H,1-5H3,(H,15,16)(H,17,18). The average Bonchev–Trinajstić information content (AvgIpc) is 2.66. The van der Waals surface area contributed by atoms with Gasteiger partial charge in [0.1, 0.15) is 11.5 Å². The number of hydrogen-bond donors (Lipinski definition) is 2. The van der Waals surface area contributed by atoms with Gasteiger partial charge in [0.15, 0.2) is 0 Å². The second-order valence-electron chi connectivity index (χ2n) is 4.62. The summed E-state index contributed by atoms with van der Waals surface area (Å²) in [7, 11) is 0. The molecule has 19 heavy (non-hydrogen) atoms. The number of furan rings is 1. The summed E-state index contributed by atoms with van der Waals surface area (Å²) in [6.07, 6.45) is 0. The van der Waals surface area contributed by atoms with Crippen LogP contribution in [-0.4, -0.2) is 17.0 Å². The lowest BCUT2D eigenvalue weighted by Gasteiger charge is -2.14. The SMILES string of the molecule is CC(C(=O)O)=C(C)C(=O)NC(C)c1cc(C)oc1C. The highest BCUT2D eigenvalue weighted by molar-refractivity contribution is 6.01. The third-order valence-corrected chi connectivity index (χ3v) is 3.12. The van der Waals surface area contributed by atoms with Crippen LogP contribution >= 0.6 is 0 Å². The number of carboxylic acids is 1. The highest BCUT2D eigenvalue weighted by Gasteiger charge is 2.18. The Morgan fingerprint density at radius 1 is 1.26 bits per heavy atom. The Morgan fingerprint density at radius 2 is 1.84 bits per heavy atom. The number of aliphatic carboxylic acids is 1. The van der Waals surface area contributed by atoms with Crippen LogP contribution in [0.2, 0.25) is 0 Å². The highest BCUT2D eigenvalue weighted by atomic mass is 16.4. The number of aryl methyl sites for hydroxylation is 2. The van der Waals surface area contributed by atoms with E-state index in [4.69, 9.17) is 9.52 Å². The van der Waals surface area contributed by atoms with E-state index < -0.39 is 5.97 Å². The van der Waals surface area contributed by atoms with Crippen LogP contribution in [-0.2, 0) is 9.59 Å². The first-order valence-electron chi connectivity index (χ1n) is 6.02. The van der Waals surface area contributed by atoms with Gasteiger partial charge < -0.3 is 14.8 Å². The predicted octanol–water partition coefficient (Wildman–Crippen LogP) is 2.49. The largest absolute Gasteiger partial charge is 0.478 e. The van der Waals surface area contributed by atoms with Crippen molar-refractivity contribution in [1.29, 1.82) is 0 Å². The summed E-state index contributed by atoms with van der Waals surface area (Å²) >= 11 is 0. The first-order valence-corrected chi connectivity index (χ1v) is 6.02. The minimum atomic E-state index is -1.09. The molecule has 104 valence electrons. The van der Waals surface area contributed by atoms with Gasteiger partial charge in [0.25, 0.3) is 0 Å². The number of carbonyl (C=O) groups is 2. The van der Waals surface area contributed by atoms with Crippen molar-refractivity contribution in [2.24, 2.45) is 0 Å². The van der Waals surface area contributed by atoms with Crippen molar-refractivity contribution in [3.63, 3.8) is 0 Å². The predicted molar refractivity (Wildman–Crippen MR) is 70.7 cm³/mol. The van der Waals surface area contributed by atoms with Crippen molar-refractivity contribution < 1.29 is 19.1 Å². The molecule has 1 heterocycles. The molecule has 0 aliphatic carbocycles. The molecule has 0 bridgehead atoms. The molecule has 1 aromatic rings. The summed E-state index contributed by atoms with van der Waals surface area (Å²) < 4.78 is 5.41. The zero-order valence-corrected chi connectivity index (χ0v) is 11.8. The van der Waals surface area contributed by atoms with Gasteiger partial charge in [-0.05, 0) is 40.7 Å². The van der Waals surface area contributed by atoms with Crippen LogP contribution in [0, 0.1) is 13.8 Å². The molecule has 1 aromatic heterocycles. The topological polar surface area (TPSA) is 79.5 Å². The van der Waals surface area contributed by atoms with Gasteiger partial charge in [-0.2, -0.15) is 0 Å². The lowest BCUT2D eigenvalue weighted by molar-refractivity contribution is -0.133. The second-order valence-corrected chi connectivity index (χ2v) is 4.62. The minimum Gasteiger partial charge on any atom is -0.478 e. The summed E-state index contributed by atoms with van der Waals surface area (Å²) in [5, 5.41) is 11.6. The van der Waals surface area contributed by atoms with Gasteiger partial charge in [-0.3, -0.25) is 4.79 Å². The summed E-state index contributed by atoms with van der Waals surface area (Å²) in [5.74, 6) is 0.0609. The second kappa shape index (κ2) is 5.73. The molecule has 0 spiro atoms. The molecule has 1 rings (SSSR count). The molecule has 0 aliphatic heterocycles. The monoisotopic (exact) mass is 265 g/mol. The average molecular weight is 265 g/mol. The molecule has 0 aliphatic rings. The van der Waals surface area contributed by atoms with Crippen LogP contribution in [0.1, 0.15) is 43.9 Å². The molecule has 2 N–H and O–H groups in total. The molecule has 1 amide bonds. The van der Waals surface area contributed by atoms with E-state index in [1.807, 2.05) is 26.8 Å². The molecule has 0 aromatic carbocycles. The van der Waals surface area contributed by atoms with Crippen LogP contribution in [0.5, 0.6) is 0 Å². The smallest absolute Gasteiger partial charge is 0.331 e. The van der Waals surface area contributed by atoms with Crippen LogP contribution in [0.15, 0.2) is 21.6 Å². The lowest BCUT2D eigenvalue weighted by atomic mass is 10.1. The van der Waals surface area contributed by atoms with Crippen LogP contribution in [0.25, 0.3) is 0 Å². The Bertz CT molecular complexity index is 540. The van der Waals surface area contributed by atoms with Crippen molar-refractivity contribution in [2.75, 3.05) is 0 Å². The van der Waals surface area contributed by atoms with Gasteiger partial charge in [-0.1, -0.05) is 0 Å². The van der Waals surface area contributed by atoms with E-state index in [2.05, 4.69) is 5.32 Å². The summed E-state index contributed by atoms with van der Waals surface area (Å²) in [6, 6.07) is 1.63. The Balaban J connectivity index is 2.86. The van der Waals surface area contributed by atoms with Gasteiger partial charge >= 0.3 is 5.97 Å². The fourth-order valence-corrected chi connectivity index (χ4v) is 1.79. The summed E-state index contributed by atoms with van der Waals surface area (Å²) in [6.45, 7) is 8.41. The molecule has 0 saturated heterocycles. The van der Waals surface area contributed by atoms with Crippen molar-refractivity contribution >= 4 is 11.9 Å². The third kappa shape index (κ3) is 3.47. The Labute approximate surface area is 112 Å². The van der Waals surface area contributed by atoms with Gasteiger partial charge in [-0.15, -0.1) is 0 Å². The van der Waals surface area contributed by atoms with Crippen molar-refractivity contribution in [3.05, 3.63) is 34.3 Å². The zero-order chi connectivity index (χ0) is 14.7. The maximum absolute atomic E-state index is 11.9. The first kappa shape index (κ1) is 15.0. The van der Waals surface area contributed by atoms with E-state index in [-0.39, 0.29) is 23.1 Å². The zero-order valence-electron chi connectivity index (χ0n) is 11.8. The van der Waals surface area contributed by atoms with Crippen LogP contribution in [0.4, 0.5) is 0 Å². The molecule has 0 saturated carbocycles. The van der Waals surface area contributed by atoms with E-state index in [9.17, 15) is 9.59 Å². The fourth-order valence-electron chi connectivity index (χ4n) is 1.79. The lowest BCUT2D eigenvalue weighted by Crippen LogP contribution is -2.28. The van der Waals surface area contributed by atoms with Crippen LogP contribution in [0.3, 0.4) is 0 Å². The van der Waals surface area contributed by atoms with Gasteiger partial charge in [0.05, 0.1) is 6.04 Å². The molecular formula is C14H19NO4. The summed E-state index contributed by atoms with van der Waals surface area (Å²) in [4.78, 5) is 22.7. The fraction of sp³-hybridized carbons (Fsp3) is 0.429. The van der Waals surface area contributed by atoms with E-state index in [0.29, 0.717) is 0 Å². The maximum Gasteiger partial charge on any atom is 0.331 e. The number of rotatable bonds is 4. The molecule has 1 unspecified atom stereocenters. The minimum absolute atomic E-state index is 0.0461. The summed E-state index contributed by atoms with van der Waals surface area (Å²) in [5.41, 5.74) is 1.15. The molecule has 0 radical (unpaired) electrons. The first-order chi connectivity index (χ1) is 8.73. The van der Waals surface area contributed by atoms with E-state index in [0.717, 1.165) is 17.1 Å². The molecule has 5 nitrogen and oxygen atoms in total. The highest BCUT2D eigenvalue weighted by Crippen LogP contribution is 2.21. The number of carbonyl (C=O) groups excluding carboxylic acids is 1. The van der Waals surface area contributed by atoms with E-state index >= 15 is 0 Å².